The van der Waals surface area contributed by atoms with Gasteiger partial charge in [0.05, 0.1) is 0 Å². The van der Waals surface area contributed by atoms with Gasteiger partial charge in [0.2, 0.25) is 0 Å². The molecule has 2 fully saturated rings. The minimum Gasteiger partial charge on any atom is -0.444 e. The molecule has 2 saturated heterocycles. The Balaban J connectivity index is 2.00. The number of carbonyl (C=O) groups is 1. The minimum absolute atomic E-state index is 0.166. The third-order valence-electron chi connectivity index (χ3n) is 4.02. The lowest BCUT2D eigenvalue weighted by atomic mass is 9.81. The molecule has 3 unspecified atom stereocenters. The SMILES string of the molecule is CC1C2NCCCC2CCN1C(=O)OC(C)(C)C. The van der Waals surface area contributed by atoms with Crippen molar-refractivity contribution in [2.75, 3.05) is 13.1 Å². The number of hydrogen-bond donors (Lipinski definition) is 1. The van der Waals surface area contributed by atoms with Gasteiger partial charge in [-0.15, -0.1) is 0 Å². The summed E-state index contributed by atoms with van der Waals surface area (Å²) in [5.41, 5.74) is -0.409. The Hall–Kier alpha value is -0.770. The van der Waals surface area contributed by atoms with Gasteiger partial charge in [0.25, 0.3) is 0 Å². The maximum Gasteiger partial charge on any atom is 0.410 e. The molecule has 2 aliphatic heterocycles. The van der Waals surface area contributed by atoms with Gasteiger partial charge in [-0.3, -0.25) is 0 Å². The third kappa shape index (κ3) is 2.97. The van der Waals surface area contributed by atoms with E-state index in [1.165, 1.54) is 12.8 Å². The van der Waals surface area contributed by atoms with Crippen LogP contribution in [0, 0.1) is 5.92 Å². The zero-order valence-electron chi connectivity index (χ0n) is 12.0. The molecule has 0 spiro atoms. The minimum atomic E-state index is -0.409. The second-order valence-corrected chi connectivity index (χ2v) is 6.59. The zero-order valence-corrected chi connectivity index (χ0v) is 12.0. The molecule has 2 aliphatic rings. The summed E-state index contributed by atoms with van der Waals surface area (Å²) in [6, 6.07) is 0.680. The highest BCUT2D eigenvalue weighted by atomic mass is 16.6. The Bertz CT molecular complexity index is 311. The highest BCUT2D eigenvalue weighted by Gasteiger charge is 2.39. The van der Waals surface area contributed by atoms with Crippen LogP contribution >= 0.6 is 0 Å². The number of carbonyl (C=O) groups excluding carboxylic acids is 1. The van der Waals surface area contributed by atoms with Crippen LogP contribution in [0.5, 0.6) is 0 Å². The Morgan fingerprint density at radius 2 is 2.06 bits per heavy atom. The highest BCUT2D eigenvalue weighted by Crippen LogP contribution is 2.30. The van der Waals surface area contributed by atoms with Crippen molar-refractivity contribution >= 4 is 6.09 Å². The van der Waals surface area contributed by atoms with Crippen LogP contribution in [0.2, 0.25) is 0 Å². The van der Waals surface area contributed by atoms with Crippen LogP contribution in [0.3, 0.4) is 0 Å². The van der Waals surface area contributed by atoms with E-state index in [1.807, 2.05) is 25.7 Å². The first-order chi connectivity index (χ1) is 8.38. The first kappa shape index (κ1) is 13.7. The molecule has 3 atom stereocenters. The normalized spacial score (nSPS) is 32.9. The van der Waals surface area contributed by atoms with E-state index < -0.39 is 5.60 Å². The van der Waals surface area contributed by atoms with Gasteiger partial charge in [-0.2, -0.15) is 0 Å². The number of ether oxygens (including phenoxy) is 1. The Kier molecular flexibility index (Phi) is 3.85. The van der Waals surface area contributed by atoms with E-state index in [1.54, 1.807) is 0 Å². The monoisotopic (exact) mass is 254 g/mol. The summed E-state index contributed by atoms with van der Waals surface area (Å²) in [5, 5.41) is 3.57. The first-order valence-corrected chi connectivity index (χ1v) is 7.11. The van der Waals surface area contributed by atoms with Gasteiger partial charge < -0.3 is 15.0 Å². The van der Waals surface area contributed by atoms with Crippen LogP contribution in [0.25, 0.3) is 0 Å². The van der Waals surface area contributed by atoms with E-state index in [4.69, 9.17) is 4.74 Å². The van der Waals surface area contributed by atoms with Crippen molar-refractivity contribution in [3.8, 4) is 0 Å². The number of rotatable bonds is 0. The van der Waals surface area contributed by atoms with Crippen molar-refractivity contribution in [2.45, 2.75) is 64.6 Å². The Morgan fingerprint density at radius 1 is 1.33 bits per heavy atom. The second kappa shape index (κ2) is 5.08. The molecule has 1 N–H and O–H groups in total. The fourth-order valence-electron chi connectivity index (χ4n) is 3.15. The maximum absolute atomic E-state index is 12.2. The fraction of sp³-hybridized carbons (Fsp3) is 0.929. The zero-order chi connectivity index (χ0) is 13.3. The first-order valence-electron chi connectivity index (χ1n) is 7.11. The summed E-state index contributed by atoms with van der Waals surface area (Å²) in [4.78, 5) is 14.1. The average Bonchev–Trinajstić information content (AvgIpc) is 2.27. The molecule has 2 rings (SSSR count). The number of piperidine rings is 2. The summed E-state index contributed by atoms with van der Waals surface area (Å²) in [6.07, 6.45) is 3.49. The summed E-state index contributed by atoms with van der Waals surface area (Å²) in [7, 11) is 0. The summed E-state index contributed by atoms with van der Waals surface area (Å²) < 4.78 is 5.49. The highest BCUT2D eigenvalue weighted by molar-refractivity contribution is 5.68. The fourth-order valence-corrected chi connectivity index (χ4v) is 3.15. The Morgan fingerprint density at radius 3 is 2.72 bits per heavy atom. The molecule has 104 valence electrons. The molecule has 1 amide bonds. The predicted octanol–water partition coefficient (Wildman–Crippen LogP) is 2.38. The van der Waals surface area contributed by atoms with Crippen LogP contribution in [0.15, 0.2) is 0 Å². The Labute approximate surface area is 110 Å². The van der Waals surface area contributed by atoms with E-state index in [0.29, 0.717) is 6.04 Å². The number of likely N-dealkylation sites (tertiary alicyclic amines) is 1. The topological polar surface area (TPSA) is 41.6 Å². The molecule has 4 nitrogen and oxygen atoms in total. The van der Waals surface area contributed by atoms with Crippen LogP contribution in [-0.4, -0.2) is 41.8 Å². The molecule has 2 heterocycles. The van der Waals surface area contributed by atoms with Crippen LogP contribution < -0.4 is 5.32 Å². The molecule has 0 aromatic heterocycles. The van der Waals surface area contributed by atoms with E-state index >= 15 is 0 Å². The van der Waals surface area contributed by atoms with Crippen LogP contribution in [-0.2, 0) is 4.74 Å². The molecule has 0 aromatic rings. The molecule has 0 aromatic carbocycles. The van der Waals surface area contributed by atoms with Gasteiger partial charge in [0.15, 0.2) is 0 Å². The molecular formula is C14H26N2O2. The average molecular weight is 254 g/mol. The molecule has 18 heavy (non-hydrogen) atoms. The number of fused-ring (bicyclic) bond motifs is 1. The van der Waals surface area contributed by atoms with E-state index in [9.17, 15) is 4.79 Å². The number of hydrogen-bond acceptors (Lipinski definition) is 3. The van der Waals surface area contributed by atoms with Gasteiger partial charge in [-0.1, -0.05) is 0 Å². The van der Waals surface area contributed by atoms with Gasteiger partial charge >= 0.3 is 6.09 Å². The van der Waals surface area contributed by atoms with Crippen molar-refractivity contribution in [3.05, 3.63) is 0 Å². The molecule has 0 radical (unpaired) electrons. The largest absolute Gasteiger partial charge is 0.444 e. The quantitative estimate of drug-likeness (QED) is 0.721. The standard InChI is InChI=1S/C14H26N2O2/c1-10-12-11(6-5-8-15-12)7-9-16(10)13(17)18-14(2,3)4/h10-12,15H,5-9H2,1-4H3. The van der Waals surface area contributed by atoms with Crippen molar-refractivity contribution in [3.63, 3.8) is 0 Å². The number of amides is 1. The maximum atomic E-state index is 12.2. The number of nitrogens with zero attached hydrogens (tertiary/aromatic N) is 1. The van der Waals surface area contributed by atoms with Crippen molar-refractivity contribution in [1.29, 1.82) is 0 Å². The summed E-state index contributed by atoms with van der Waals surface area (Å²) >= 11 is 0. The van der Waals surface area contributed by atoms with Crippen molar-refractivity contribution in [2.24, 2.45) is 5.92 Å². The van der Waals surface area contributed by atoms with Gasteiger partial charge in [-0.25, -0.2) is 4.79 Å². The van der Waals surface area contributed by atoms with Gasteiger partial charge in [-0.05, 0) is 59.4 Å². The molecule has 0 saturated carbocycles. The summed E-state index contributed by atoms with van der Waals surface area (Å²) in [5.74, 6) is 0.729. The lowest BCUT2D eigenvalue weighted by Crippen LogP contribution is -2.60. The van der Waals surface area contributed by atoms with Crippen molar-refractivity contribution < 1.29 is 9.53 Å². The van der Waals surface area contributed by atoms with E-state index in [2.05, 4.69) is 12.2 Å². The molecule has 4 heteroatoms. The van der Waals surface area contributed by atoms with E-state index in [-0.39, 0.29) is 12.1 Å². The molecule has 0 aliphatic carbocycles. The molecule has 0 bridgehead atoms. The van der Waals surface area contributed by atoms with Crippen LogP contribution in [0.4, 0.5) is 4.79 Å². The number of nitrogens with one attached hydrogen (secondary N) is 1. The lowest BCUT2D eigenvalue weighted by Gasteiger charge is -2.46. The lowest BCUT2D eigenvalue weighted by molar-refractivity contribution is -0.00419. The van der Waals surface area contributed by atoms with Gasteiger partial charge in [0, 0.05) is 18.6 Å². The predicted molar refractivity (Wildman–Crippen MR) is 71.5 cm³/mol. The second-order valence-electron chi connectivity index (χ2n) is 6.59. The van der Waals surface area contributed by atoms with Crippen molar-refractivity contribution in [1.82, 2.24) is 10.2 Å². The summed E-state index contributed by atoms with van der Waals surface area (Å²) in [6.45, 7) is 9.80. The van der Waals surface area contributed by atoms with Crippen LogP contribution in [0.1, 0.15) is 47.0 Å². The molecular weight excluding hydrogens is 228 g/mol. The van der Waals surface area contributed by atoms with E-state index in [0.717, 1.165) is 25.4 Å². The third-order valence-corrected chi connectivity index (χ3v) is 4.02. The van der Waals surface area contributed by atoms with Gasteiger partial charge in [0.1, 0.15) is 5.60 Å². The smallest absolute Gasteiger partial charge is 0.410 e.